The summed E-state index contributed by atoms with van der Waals surface area (Å²) in [6.45, 7) is 4.20. The van der Waals surface area contributed by atoms with Gasteiger partial charge in [-0.2, -0.15) is 0 Å². The molecule has 2 rings (SSSR count). The lowest BCUT2D eigenvalue weighted by Gasteiger charge is -2.32. The van der Waals surface area contributed by atoms with Crippen molar-refractivity contribution < 1.29 is 14.3 Å². The van der Waals surface area contributed by atoms with E-state index in [2.05, 4.69) is 17.1 Å². The fraction of sp³-hybridized carbons (Fsp3) is 0.588. The molecule has 0 radical (unpaired) electrons. The molecule has 122 valence electrons. The molecule has 0 aliphatic carbocycles. The van der Waals surface area contributed by atoms with Crippen molar-refractivity contribution in [1.29, 1.82) is 0 Å². The highest BCUT2D eigenvalue weighted by Gasteiger charge is 2.20. The number of likely N-dealkylation sites (tertiary alicyclic amines) is 1. The minimum Gasteiger partial charge on any atom is -0.493 e. The van der Waals surface area contributed by atoms with Crippen LogP contribution in [0.25, 0.3) is 0 Å². The van der Waals surface area contributed by atoms with Gasteiger partial charge in [0.05, 0.1) is 20.8 Å². The second-order valence-electron chi connectivity index (χ2n) is 5.78. The zero-order valence-corrected chi connectivity index (χ0v) is 13.7. The largest absolute Gasteiger partial charge is 0.493 e. The molecule has 0 spiro atoms. The van der Waals surface area contributed by atoms with E-state index < -0.39 is 0 Å². The summed E-state index contributed by atoms with van der Waals surface area (Å²) in [6, 6.07) is 6.18. The lowest BCUT2D eigenvalue weighted by atomic mass is 10.0. The molecule has 1 saturated heterocycles. The third-order valence-corrected chi connectivity index (χ3v) is 4.22. The Balaban J connectivity index is 1.85. The number of amides is 1. The first-order valence-corrected chi connectivity index (χ1v) is 7.85. The summed E-state index contributed by atoms with van der Waals surface area (Å²) < 4.78 is 10.5. The van der Waals surface area contributed by atoms with E-state index in [4.69, 9.17) is 9.47 Å². The molecule has 1 aromatic carbocycles. The highest BCUT2D eigenvalue weighted by atomic mass is 16.5. The normalized spacial score (nSPS) is 18.8. The number of piperidine rings is 1. The number of nitrogens with one attached hydrogen (secondary N) is 1. The van der Waals surface area contributed by atoms with Crippen LogP contribution in [0.3, 0.4) is 0 Å². The van der Waals surface area contributed by atoms with Crippen molar-refractivity contribution in [3.8, 4) is 11.5 Å². The van der Waals surface area contributed by atoms with Gasteiger partial charge in [-0.05, 0) is 44.0 Å². The summed E-state index contributed by atoms with van der Waals surface area (Å²) in [7, 11) is 3.22. The van der Waals surface area contributed by atoms with Gasteiger partial charge in [-0.15, -0.1) is 0 Å². The van der Waals surface area contributed by atoms with Gasteiger partial charge in [-0.3, -0.25) is 9.69 Å². The van der Waals surface area contributed by atoms with E-state index in [-0.39, 0.29) is 5.91 Å². The highest BCUT2D eigenvalue weighted by molar-refractivity contribution is 5.78. The standard InChI is InChI=1S/C17H26N2O3/c1-13-6-4-5-9-19(13)12-17(20)18-11-14-7-8-15(21-2)16(10-14)22-3/h7-8,10,13H,4-6,9,11-12H2,1-3H3,(H,18,20)/t13-/m1/s1. The summed E-state index contributed by atoms with van der Waals surface area (Å²) in [5, 5.41) is 2.98. The van der Waals surface area contributed by atoms with Crippen molar-refractivity contribution in [2.24, 2.45) is 0 Å². The van der Waals surface area contributed by atoms with Crippen molar-refractivity contribution in [3.63, 3.8) is 0 Å². The molecule has 0 aromatic heterocycles. The second-order valence-corrected chi connectivity index (χ2v) is 5.78. The third kappa shape index (κ3) is 4.37. The van der Waals surface area contributed by atoms with E-state index in [1.165, 1.54) is 19.3 Å². The monoisotopic (exact) mass is 306 g/mol. The third-order valence-electron chi connectivity index (χ3n) is 4.22. The average Bonchev–Trinajstić information content (AvgIpc) is 2.54. The zero-order chi connectivity index (χ0) is 15.9. The van der Waals surface area contributed by atoms with Gasteiger partial charge in [-0.1, -0.05) is 12.5 Å². The quantitative estimate of drug-likeness (QED) is 0.875. The molecule has 1 heterocycles. The first kappa shape index (κ1) is 16.6. The molecule has 5 nitrogen and oxygen atoms in total. The molecular formula is C17H26N2O3. The van der Waals surface area contributed by atoms with Gasteiger partial charge in [-0.25, -0.2) is 0 Å². The molecule has 5 heteroatoms. The fourth-order valence-electron chi connectivity index (χ4n) is 2.82. The second kappa shape index (κ2) is 8.03. The van der Waals surface area contributed by atoms with Crippen LogP contribution in [0.5, 0.6) is 11.5 Å². The van der Waals surface area contributed by atoms with Gasteiger partial charge in [0.25, 0.3) is 0 Å². The number of benzene rings is 1. The number of ether oxygens (including phenoxy) is 2. The Labute approximate surface area is 132 Å². The van der Waals surface area contributed by atoms with Crippen molar-refractivity contribution in [1.82, 2.24) is 10.2 Å². The molecule has 22 heavy (non-hydrogen) atoms. The van der Waals surface area contributed by atoms with Gasteiger partial charge in [0.15, 0.2) is 11.5 Å². The molecule has 1 aromatic rings. The van der Waals surface area contributed by atoms with Crippen LogP contribution >= 0.6 is 0 Å². The summed E-state index contributed by atoms with van der Waals surface area (Å²) in [5.41, 5.74) is 0.998. The van der Waals surface area contributed by atoms with E-state index in [0.717, 1.165) is 12.1 Å². The van der Waals surface area contributed by atoms with Gasteiger partial charge in [0.2, 0.25) is 5.91 Å². The maximum atomic E-state index is 12.1. The van der Waals surface area contributed by atoms with Crippen LogP contribution in [0, 0.1) is 0 Å². The average molecular weight is 306 g/mol. The van der Waals surface area contributed by atoms with Crippen molar-refractivity contribution in [2.75, 3.05) is 27.3 Å². The number of carbonyl (C=O) groups is 1. The first-order valence-electron chi connectivity index (χ1n) is 7.85. The Bertz CT molecular complexity index is 505. The van der Waals surface area contributed by atoms with Gasteiger partial charge < -0.3 is 14.8 Å². The molecule has 0 saturated carbocycles. The van der Waals surface area contributed by atoms with Crippen LogP contribution in [-0.2, 0) is 11.3 Å². The molecule has 0 bridgehead atoms. The van der Waals surface area contributed by atoms with E-state index in [1.54, 1.807) is 14.2 Å². The summed E-state index contributed by atoms with van der Waals surface area (Å²) in [6.07, 6.45) is 3.64. The SMILES string of the molecule is COc1ccc(CNC(=O)CN2CCCC[C@H]2C)cc1OC. The summed E-state index contributed by atoms with van der Waals surface area (Å²) >= 11 is 0. The van der Waals surface area contributed by atoms with E-state index >= 15 is 0 Å². The molecule has 1 amide bonds. The Kier molecular flexibility index (Phi) is 6.07. The Morgan fingerprint density at radius 2 is 2.05 bits per heavy atom. The Morgan fingerprint density at radius 3 is 2.73 bits per heavy atom. The van der Waals surface area contributed by atoms with Crippen LogP contribution in [0.4, 0.5) is 0 Å². The molecule has 1 aliphatic heterocycles. The lowest BCUT2D eigenvalue weighted by molar-refractivity contribution is -0.123. The number of hydrogen-bond acceptors (Lipinski definition) is 4. The lowest BCUT2D eigenvalue weighted by Crippen LogP contribution is -2.44. The van der Waals surface area contributed by atoms with Crippen molar-refractivity contribution in [2.45, 2.75) is 38.8 Å². The molecule has 1 N–H and O–H groups in total. The van der Waals surface area contributed by atoms with Crippen LogP contribution in [0.2, 0.25) is 0 Å². The summed E-state index contributed by atoms with van der Waals surface area (Å²) in [4.78, 5) is 14.4. The maximum absolute atomic E-state index is 12.1. The highest BCUT2D eigenvalue weighted by Crippen LogP contribution is 2.27. The maximum Gasteiger partial charge on any atom is 0.234 e. The number of nitrogens with zero attached hydrogens (tertiary/aromatic N) is 1. The van der Waals surface area contributed by atoms with Gasteiger partial charge >= 0.3 is 0 Å². The minimum absolute atomic E-state index is 0.0727. The van der Waals surface area contributed by atoms with E-state index in [9.17, 15) is 4.79 Å². The predicted octanol–water partition coefficient (Wildman–Crippen LogP) is 2.19. The fourth-order valence-corrected chi connectivity index (χ4v) is 2.82. The van der Waals surface area contributed by atoms with Crippen LogP contribution < -0.4 is 14.8 Å². The number of carbonyl (C=O) groups excluding carboxylic acids is 1. The molecule has 1 fully saturated rings. The van der Waals surface area contributed by atoms with Crippen LogP contribution in [0.15, 0.2) is 18.2 Å². The first-order chi connectivity index (χ1) is 10.6. The van der Waals surface area contributed by atoms with Crippen molar-refractivity contribution in [3.05, 3.63) is 23.8 Å². The Hall–Kier alpha value is -1.75. The van der Waals surface area contributed by atoms with E-state index in [1.807, 2.05) is 18.2 Å². The smallest absolute Gasteiger partial charge is 0.234 e. The Morgan fingerprint density at radius 1 is 1.27 bits per heavy atom. The molecular weight excluding hydrogens is 280 g/mol. The molecule has 1 atom stereocenters. The topological polar surface area (TPSA) is 50.8 Å². The summed E-state index contributed by atoms with van der Waals surface area (Å²) in [5.74, 6) is 1.45. The van der Waals surface area contributed by atoms with Crippen molar-refractivity contribution >= 4 is 5.91 Å². The van der Waals surface area contributed by atoms with Crippen LogP contribution in [-0.4, -0.2) is 44.2 Å². The molecule has 1 aliphatic rings. The van der Waals surface area contributed by atoms with Gasteiger partial charge in [0.1, 0.15) is 0 Å². The number of methoxy groups -OCH3 is 2. The number of rotatable bonds is 6. The van der Waals surface area contributed by atoms with E-state index in [0.29, 0.717) is 30.6 Å². The van der Waals surface area contributed by atoms with Crippen LogP contribution in [0.1, 0.15) is 31.7 Å². The van der Waals surface area contributed by atoms with Gasteiger partial charge in [0, 0.05) is 12.6 Å². The molecule has 0 unspecified atom stereocenters. The number of hydrogen-bond donors (Lipinski definition) is 1. The predicted molar refractivity (Wildman–Crippen MR) is 86.3 cm³/mol. The zero-order valence-electron chi connectivity index (χ0n) is 13.7. The minimum atomic E-state index is 0.0727.